The van der Waals surface area contributed by atoms with Crippen LogP contribution in [0.5, 0.6) is 0 Å². The molecule has 4 rings (SSSR count). The quantitative estimate of drug-likeness (QED) is 0.753. The SMILES string of the molecule is CNc1ccc(-c2c(C3=CCCCC3)c3c(N)ncnc3n2C)cc1. The molecule has 0 unspecified atom stereocenters. The highest BCUT2D eigenvalue weighted by Gasteiger charge is 2.23. The van der Waals surface area contributed by atoms with Crippen molar-refractivity contribution in [2.45, 2.75) is 25.7 Å². The molecular weight excluding hydrogens is 310 g/mol. The van der Waals surface area contributed by atoms with Gasteiger partial charge >= 0.3 is 0 Å². The Bertz CT molecular complexity index is 950. The van der Waals surface area contributed by atoms with E-state index < -0.39 is 0 Å². The number of hydrogen-bond acceptors (Lipinski definition) is 4. The van der Waals surface area contributed by atoms with Gasteiger partial charge in [-0.2, -0.15) is 0 Å². The average molecular weight is 333 g/mol. The number of aryl methyl sites for hydroxylation is 1. The number of rotatable bonds is 3. The normalized spacial score (nSPS) is 14.6. The van der Waals surface area contributed by atoms with E-state index in [2.05, 4.69) is 57.2 Å². The maximum atomic E-state index is 6.27. The summed E-state index contributed by atoms with van der Waals surface area (Å²) in [7, 11) is 3.99. The molecule has 1 aromatic carbocycles. The molecule has 0 saturated carbocycles. The monoisotopic (exact) mass is 333 g/mol. The van der Waals surface area contributed by atoms with Crippen LogP contribution in [0.1, 0.15) is 31.2 Å². The van der Waals surface area contributed by atoms with Crippen molar-refractivity contribution in [1.29, 1.82) is 0 Å². The van der Waals surface area contributed by atoms with E-state index in [1.807, 2.05) is 7.05 Å². The van der Waals surface area contributed by atoms with Crippen LogP contribution in [-0.4, -0.2) is 21.6 Å². The summed E-state index contributed by atoms with van der Waals surface area (Å²) in [4.78, 5) is 8.76. The van der Waals surface area contributed by atoms with Crippen molar-refractivity contribution in [2.75, 3.05) is 18.1 Å². The number of nitrogen functional groups attached to an aromatic ring is 1. The number of nitrogens with one attached hydrogen (secondary N) is 1. The average Bonchev–Trinajstić information content (AvgIpc) is 2.97. The first-order chi connectivity index (χ1) is 12.2. The highest BCUT2D eigenvalue weighted by Crippen LogP contribution is 2.41. The van der Waals surface area contributed by atoms with E-state index in [4.69, 9.17) is 5.73 Å². The Balaban J connectivity index is 2.03. The van der Waals surface area contributed by atoms with Gasteiger partial charge in [0.15, 0.2) is 0 Å². The van der Waals surface area contributed by atoms with Gasteiger partial charge in [-0.15, -0.1) is 0 Å². The van der Waals surface area contributed by atoms with Gasteiger partial charge in [0.2, 0.25) is 0 Å². The number of benzene rings is 1. The van der Waals surface area contributed by atoms with Gasteiger partial charge in [-0.05, 0) is 49.0 Å². The number of nitrogens with two attached hydrogens (primary N) is 1. The van der Waals surface area contributed by atoms with E-state index in [1.54, 1.807) is 6.33 Å². The molecule has 1 aliphatic rings. The second-order valence-corrected chi connectivity index (χ2v) is 6.54. The number of nitrogens with zero attached hydrogens (tertiary/aromatic N) is 3. The second-order valence-electron chi connectivity index (χ2n) is 6.54. The summed E-state index contributed by atoms with van der Waals surface area (Å²) in [6.45, 7) is 0. The summed E-state index contributed by atoms with van der Waals surface area (Å²) >= 11 is 0. The Morgan fingerprint density at radius 3 is 2.60 bits per heavy atom. The zero-order valence-corrected chi connectivity index (χ0v) is 14.7. The molecule has 0 spiro atoms. The fourth-order valence-electron chi connectivity index (χ4n) is 3.79. The van der Waals surface area contributed by atoms with Gasteiger partial charge in [-0.1, -0.05) is 18.2 Å². The van der Waals surface area contributed by atoms with Crippen LogP contribution in [0, 0.1) is 0 Å². The Labute approximate surface area is 147 Å². The van der Waals surface area contributed by atoms with Crippen LogP contribution >= 0.6 is 0 Å². The smallest absolute Gasteiger partial charge is 0.146 e. The fraction of sp³-hybridized carbons (Fsp3) is 0.300. The Morgan fingerprint density at radius 1 is 1.12 bits per heavy atom. The van der Waals surface area contributed by atoms with Gasteiger partial charge < -0.3 is 15.6 Å². The third-order valence-corrected chi connectivity index (χ3v) is 5.06. The van der Waals surface area contributed by atoms with Crippen LogP contribution in [0.3, 0.4) is 0 Å². The first kappa shape index (κ1) is 15.7. The molecule has 25 heavy (non-hydrogen) atoms. The first-order valence-corrected chi connectivity index (χ1v) is 8.77. The molecule has 128 valence electrons. The summed E-state index contributed by atoms with van der Waals surface area (Å²) in [5.74, 6) is 0.556. The lowest BCUT2D eigenvalue weighted by Crippen LogP contribution is -1.97. The molecule has 5 heteroatoms. The summed E-state index contributed by atoms with van der Waals surface area (Å²) in [5, 5.41) is 4.15. The zero-order valence-electron chi connectivity index (χ0n) is 14.7. The molecule has 2 aromatic heterocycles. The van der Waals surface area contributed by atoms with E-state index in [0.29, 0.717) is 5.82 Å². The molecule has 0 bridgehead atoms. The second kappa shape index (κ2) is 6.24. The van der Waals surface area contributed by atoms with Gasteiger partial charge in [0.25, 0.3) is 0 Å². The van der Waals surface area contributed by atoms with Gasteiger partial charge in [0, 0.05) is 25.3 Å². The minimum atomic E-state index is 0.556. The molecule has 2 heterocycles. The minimum absolute atomic E-state index is 0.556. The van der Waals surface area contributed by atoms with Crippen LogP contribution in [0.15, 0.2) is 36.7 Å². The largest absolute Gasteiger partial charge is 0.388 e. The summed E-state index contributed by atoms with van der Waals surface area (Å²) < 4.78 is 2.15. The molecule has 0 amide bonds. The Kier molecular flexibility index (Phi) is 3.92. The summed E-state index contributed by atoms with van der Waals surface area (Å²) in [6.07, 6.45) is 8.58. The van der Waals surface area contributed by atoms with Crippen LogP contribution < -0.4 is 11.1 Å². The Hall–Kier alpha value is -2.82. The van der Waals surface area contributed by atoms with E-state index in [9.17, 15) is 0 Å². The lowest BCUT2D eigenvalue weighted by atomic mass is 9.90. The van der Waals surface area contributed by atoms with Gasteiger partial charge in [0.05, 0.1) is 11.1 Å². The van der Waals surface area contributed by atoms with Crippen LogP contribution in [-0.2, 0) is 7.05 Å². The molecule has 0 radical (unpaired) electrons. The lowest BCUT2D eigenvalue weighted by molar-refractivity contribution is 0.742. The van der Waals surface area contributed by atoms with Crippen LogP contribution in [0.4, 0.5) is 11.5 Å². The molecule has 3 aromatic rings. The standard InChI is InChI=1S/C20H23N5/c1-22-15-10-8-14(9-11-15)18-16(13-6-4-3-5-7-13)17-19(21)23-12-24-20(17)25(18)2/h6,8-12,22H,3-5,7H2,1-2H3,(H2,21,23,24). The fourth-order valence-corrected chi connectivity index (χ4v) is 3.79. The van der Waals surface area contributed by atoms with Crippen molar-refractivity contribution >= 4 is 28.1 Å². The summed E-state index contributed by atoms with van der Waals surface area (Å²) in [5.41, 5.74) is 13.2. The maximum absolute atomic E-state index is 6.27. The molecule has 5 nitrogen and oxygen atoms in total. The highest BCUT2D eigenvalue weighted by molar-refractivity contribution is 6.04. The molecule has 1 aliphatic carbocycles. The van der Waals surface area contributed by atoms with Gasteiger partial charge in [0.1, 0.15) is 17.8 Å². The van der Waals surface area contributed by atoms with E-state index in [0.717, 1.165) is 35.3 Å². The van der Waals surface area contributed by atoms with Crippen molar-refractivity contribution in [1.82, 2.24) is 14.5 Å². The van der Waals surface area contributed by atoms with Crippen molar-refractivity contribution in [3.63, 3.8) is 0 Å². The van der Waals surface area contributed by atoms with Crippen molar-refractivity contribution in [2.24, 2.45) is 7.05 Å². The minimum Gasteiger partial charge on any atom is -0.388 e. The highest BCUT2D eigenvalue weighted by atomic mass is 15.1. The predicted molar refractivity (Wildman–Crippen MR) is 104 cm³/mol. The molecule has 3 N–H and O–H groups in total. The third kappa shape index (κ3) is 2.56. The van der Waals surface area contributed by atoms with Crippen molar-refractivity contribution < 1.29 is 0 Å². The molecule has 0 atom stereocenters. The van der Waals surface area contributed by atoms with E-state index >= 15 is 0 Å². The van der Waals surface area contributed by atoms with Crippen LogP contribution in [0.25, 0.3) is 27.9 Å². The van der Waals surface area contributed by atoms with E-state index in [-0.39, 0.29) is 0 Å². The molecular formula is C20H23N5. The summed E-state index contributed by atoms with van der Waals surface area (Å²) in [6, 6.07) is 8.50. The van der Waals surface area contributed by atoms with Gasteiger partial charge in [-0.25, -0.2) is 9.97 Å². The number of anilines is 2. The van der Waals surface area contributed by atoms with Gasteiger partial charge in [-0.3, -0.25) is 0 Å². The van der Waals surface area contributed by atoms with E-state index in [1.165, 1.54) is 29.5 Å². The molecule has 0 aliphatic heterocycles. The zero-order chi connectivity index (χ0) is 17.4. The number of hydrogen-bond donors (Lipinski definition) is 2. The Morgan fingerprint density at radius 2 is 1.92 bits per heavy atom. The maximum Gasteiger partial charge on any atom is 0.146 e. The number of allylic oxidation sites excluding steroid dienone is 2. The topological polar surface area (TPSA) is 68.8 Å². The molecule has 0 fully saturated rings. The lowest BCUT2D eigenvalue weighted by Gasteiger charge is -2.16. The predicted octanol–water partition coefficient (Wildman–Crippen LogP) is 4.22. The van der Waals surface area contributed by atoms with Crippen molar-refractivity contribution in [3.8, 4) is 11.3 Å². The molecule has 0 saturated heterocycles. The van der Waals surface area contributed by atoms with Crippen molar-refractivity contribution in [3.05, 3.63) is 42.2 Å². The van der Waals surface area contributed by atoms with Crippen LogP contribution in [0.2, 0.25) is 0 Å². The number of fused-ring (bicyclic) bond motifs is 1. The first-order valence-electron chi connectivity index (χ1n) is 8.77. The number of aromatic nitrogens is 3. The third-order valence-electron chi connectivity index (χ3n) is 5.06.